The maximum Gasteiger partial charge on any atom is 0.125 e. The lowest BCUT2D eigenvalue weighted by Crippen LogP contribution is -2.17. The molecule has 0 amide bonds. The Morgan fingerprint density at radius 1 is 1.47 bits per heavy atom. The number of fused-ring (bicyclic) bond motifs is 1. The Morgan fingerprint density at radius 3 is 3.05 bits per heavy atom. The minimum Gasteiger partial charge on any atom is -0.330 e. The smallest absolute Gasteiger partial charge is 0.125 e. The van der Waals surface area contributed by atoms with Crippen LogP contribution >= 0.6 is 22.9 Å². The van der Waals surface area contributed by atoms with Crippen molar-refractivity contribution in [3.8, 4) is 10.6 Å². The number of nitrogens with two attached hydrogens (primary N) is 1. The summed E-state index contributed by atoms with van der Waals surface area (Å²) in [5, 5.41) is 1.28. The largest absolute Gasteiger partial charge is 0.330 e. The second-order valence-corrected chi connectivity index (χ2v) is 6.27. The van der Waals surface area contributed by atoms with E-state index in [1.807, 2.05) is 0 Å². The molecule has 1 atom stereocenters. The van der Waals surface area contributed by atoms with E-state index in [2.05, 4.69) is 0 Å². The first kappa shape index (κ1) is 13.0. The van der Waals surface area contributed by atoms with Crippen molar-refractivity contribution in [2.45, 2.75) is 25.2 Å². The van der Waals surface area contributed by atoms with Gasteiger partial charge in [-0.25, -0.2) is 9.37 Å². The number of nitrogens with zero attached hydrogens (tertiary/aromatic N) is 1. The number of aromatic nitrogens is 1. The maximum absolute atomic E-state index is 13.1. The summed E-state index contributed by atoms with van der Waals surface area (Å²) in [6, 6.07) is 4.44. The van der Waals surface area contributed by atoms with E-state index < -0.39 is 0 Å². The van der Waals surface area contributed by atoms with E-state index in [1.54, 1.807) is 17.4 Å². The van der Waals surface area contributed by atoms with Crippen LogP contribution in [0.1, 0.15) is 29.3 Å². The number of hydrogen-bond donors (Lipinski definition) is 1. The van der Waals surface area contributed by atoms with Crippen LogP contribution < -0.4 is 5.73 Å². The molecule has 1 aromatic heterocycles. The molecule has 3 rings (SSSR count). The van der Waals surface area contributed by atoms with E-state index in [1.165, 1.54) is 17.0 Å². The van der Waals surface area contributed by atoms with Crippen LogP contribution in [0.2, 0.25) is 5.02 Å². The summed E-state index contributed by atoms with van der Waals surface area (Å²) in [6.45, 7) is 0.632. The Labute approximate surface area is 120 Å². The van der Waals surface area contributed by atoms with Gasteiger partial charge in [0.2, 0.25) is 0 Å². The first-order valence-electron chi connectivity index (χ1n) is 6.34. The molecule has 2 nitrogen and oxygen atoms in total. The highest BCUT2D eigenvalue weighted by Crippen LogP contribution is 2.39. The normalized spacial score (nSPS) is 18.4. The van der Waals surface area contributed by atoms with Crippen molar-refractivity contribution in [1.29, 1.82) is 0 Å². The summed E-state index contributed by atoms with van der Waals surface area (Å²) in [7, 11) is 0. The molecule has 1 aliphatic carbocycles. The Hall–Kier alpha value is -0.970. The van der Waals surface area contributed by atoms with E-state index in [9.17, 15) is 4.39 Å². The van der Waals surface area contributed by atoms with E-state index >= 15 is 0 Å². The fourth-order valence-electron chi connectivity index (χ4n) is 2.51. The van der Waals surface area contributed by atoms with Gasteiger partial charge in [-0.1, -0.05) is 11.6 Å². The van der Waals surface area contributed by atoms with Crippen molar-refractivity contribution in [2.75, 3.05) is 6.54 Å². The average Bonchev–Trinajstić information content (AvgIpc) is 2.81. The van der Waals surface area contributed by atoms with Gasteiger partial charge in [0.1, 0.15) is 10.8 Å². The summed E-state index contributed by atoms with van der Waals surface area (Å²) >= 11 is 7.75. The van der Waals surface area contributed by atoms with Crippen molar-refractivity contribution < 1.29 is 4.39 Å². The van der Waals surface area contributed by atoms with Crippen molar-refractivity contribution >= 4 is 22.9 Å². The number of benzene rings is 1. The molecule has 0 bridgehead atoms. The fraction of sp³-hybridized carbons (Fsp3) is 0.357. The van der Waals surface area contributed by atoms with Gasteiger partial charge < -0.3 is 5.73 Å². The second kappa shape index (κ2) is 5.19. The topological polar surface area (TPSA) is 38.9 Å². The van der Waals surface area contributed by atoms with Crippen molar-refractivity contribution in [3.05, 3.63) is 39.6 Å². The van der Waals surface area contributed by atoms with Crippen molar-refractivity contribution in [2.24, 2.45) is 5.73 Å². The number of hydrogen-bond acceptors (Lipinski definition) is 3. The predicted molar refractivity (Wildman–Crippen MR) is 77.3 cm³/mol. The van der Waals surface area contributed by atoms with Gasteiger partial charge in [0.25, 0.3) is 0 Å². The first-order valence-corrected chi connectivity index (χ1v) is 7.53. The zero-order valence-electron chi connectivity index (χ0n) is 10.3. The van der Waals surface area contributed by atoms with Gasteiger partial charge in [-0.15, -0.1) is 11.3 Å². The molecule has 1 unspecified atom stereocenters. The quantitative estimate of drug-likeness (QED) is 0.910. The van der Waals surface area contributed by atoms with E-state index in [-0.39, 0.29) is 5.82 Å². The van der Waals surface area contributed by atoms with Gasteiger partial charge in [0.05, 0.1) is 10.7 Å². The molecule has 0 saturated heterocycles. The van der Waals surface area contributed by atoms with Gasteiger partial charge in [0, 0.05) is 22.9 Å². The average molecular weight is 297 g/mol. The molecule has 1 heterocycles. The molecule has 0 radical (unpaired) electrons. The molecule has 0 saturated carbocycles. The lowest BCUT2D eigenvalue weighted by atomic mass is 9.91. The summed E-state index contributed by atoms with van der Waals surface area (Å²) in [5.74, 6) is 0.0304. The third-order valence-corrected chi connectivity index (χ3v) is 4.99. The summed E-state index contributed by atoms with van der Waals surface area (Å²) in [5.41, 5.74) is 7.73. The number of rotatable bonds is 2. The minimum atomic E-state index is -0.324. The molecule has 1 aromatic carbocycles. The molecular weight excluding hydrogens is 283 g/mol. The molecule has 2 aromatic rings. The van der Waals surface area contributed by atoms with Gasteiger partial charge in [-0.3, -0.25) is 0 Å². The highest BCUT2D eigenvalue weighted by molar-refractivity contribution is 7.15. The molecule has 19 heavy (non-hydrogen) atoms. The highest BCUT2D eigenvalue weighted by atomic mass is 35.5. The summed E-state index contributed by atoms with van der Waals surface area (Å²) in [6.07, 6.45) is 3.32. The monoisotopic (exact) mass is 296 g/mol. The first-order chi connectivity index (χ1) is 9.19. The van der Waals surface area contributed by atoms with Gasteiger partial charge >= 0.3 is 0 Å². The van der Waals surface area contributed by atoms with Crippen LogP contribution in [-0.2, 0) is 6.42 Å². The minimum absolute atomic E-state index is 0.324. The van der Waals surface area contributed by atoms with Gasteiger partial charge in [0.15, 0.2) is 0 Å². The molecular formula is C14H14ClFN2S. The van der Waals surface area contributed by atoms with E-state index in [0.29, 0.717) is 17.5 Å². The van der Waals surface area contributed by atoms with Gasteiger partial charge in [-0.05, 0) is 37.5 Å². The number of aryl methyl sites for hydroxylation is 1. The van der Waals surface area contributed by atoms with Crippen molar-refractivity contribution in [3.63, 3.8) is 0 Å². The highest BCUT2D eigenvalue weighted by Gasteiger charge is 2.24. The van der Waals surface area contributed by atoms with Crippen molar-refractivity contribution in [1.82, 2.24) is 4.98 Å². The summed E-state index contributed by atoms with van der Waals surface area (Å²) < 4.78 is 13.1. The Balaban J connectivity index is 2.05. The third-order valence-electron chi connectivity index (χ3n) is 3.52. The van der Waals surface area contributed by atoms with Crippen LogP contribution in [0.15, 0.2) is 18.2 Å². The molecule has 100 valence electrons. The Kier molecular flexibility index (Phi) is 3.56. The standard InChI is InChI=1S/C14H14ClFN2S/c15-11-6-9(16)4-5-10(11)14-18-13-8(7-17)2-1-3-12(13)19-14/h4-6,8H,1-3,7,17H2. The van der Waals surface area contributed by atoms with Crippen LogP contribution in [0.5, 0.6) is 0 Å². The summed E-state index contributed by atoms with van der Waals surface area (Å²) in [4.78, 5) is 6.00. The molecule has 2 N–H and O–H groups in total. The lowest BCUT2D eigenvalue weighted by Gasteiger charge is -2.18. The van der Waals surface area contributed by atoms with Crippen LogP contribution in [0.3, 0.4) is 0 Å². The fourth-order valence-corrected chi connectivity index (χ4v) is 4.06. The third kappa shape index (κ3) is 2.40. The molecule has 0 fully saturated rings. The van der Waals surface area contributed by atoms with E-state index in [4.69, 9.17) is 22.3 Å². The van der Waals surface area contributed by atoms with E-state index in [0.717, 1.165) is 35.5 Å². The Bertz CT molecular complexity index is 611. The Morgan fingerprint density at radius 2 is 2.32 bits per heavy atom. The van der Waals surface area contributed by atoms with Crippen LogP contribution in [-0.4, -0.2) is 11.5 Å². The maximum atomic E-state index is 13.1. The molecule has 5 heteroatoms. The second-order valence-electron chi connectivity index (χ2n) is 4.78. The SMILES string of the molecule is NCC1CCCc2sc(-c3ccc(F)cc3Cl)nc21. The predicted octanol–water partition coefficient (Wildman–Crippen LogP) is 3.98. The van der Waals surface area contributed by atoms with Crippen LogP contribution in [0.4, 0.5) is 4.39 Å². The number of thiazole rings is 1. The molecule has 0 aliphatic heterocycles. The molecule has 0 spiro atoms. The van der Waals surface area contributed by atoms with Crippen LogP contribution in [0, 0.1) is 5.82 Å². The number of halogens is 2. The molecule has 1 aliphatic rings. The van der Waals surface area contributed by atoms with Gasteiger partial charge in [-0.2, -0.15) is 0 Å². The zero-order valence-corrected chi connectivity index (χ0v) is 11.9. The lowest BCUT2D eigenvalue weighted by molar-refractivity contribution is 0.554. The van der Waals surface area contributed by atoms with Crippen LogP contribution in [0.25, 0.3) is 10.6 Å². The zero-order chi connectivity index (χ0) is 13.4.